The predicted molar refractivity (Wildman–Crippen MR) is 154 cm³/mol. The highest BCUT2D eigenvalue weighted by molar-refractivity contribution is 7.81. The molecule has 17 nitrogen and oxygen atoms in total. The molecule has 0 aromatic heterocycles. The van der Waals surface area contributed by atoms with E-state index in [0.717, 1.165) is 20.8 Å². The van der Waals surface area contributed by atoms with E-state index in [1.165, 1.54) is 55.4 Å². The van der Waals surface area contributed by atoms with Gasteiger partial charge in [-0.3, -0.25) is 13.9 Å². The molecule has 45 heavy (non-hydrogen) atoms. The van der Waals surface area contributed by atoms with Gasteiger partial charge in [0.1, 0.15) is 11.2 Å². The average Bonchev–Trinajstić information content (AvgIpc) is 2.81. The molecule has 7 unspecified atom stereocenters. The number of nitrogens with one attached hydrogen (secondary N) is 1. The number of aliphatic carboxylic acids is 1. The first-order valence-electron chi connectivity index (χ1n) is 13.6. The van der Waals surface area contributed by atoms with Crippen molar-refractivity contribution in [2.24, 2.45) is 5.41 Å². The maximum atomic E-state index is 12.3. The number of amides is 1. The predicted octanol–water partition coefficient (Wildman–Crippen LogP) is 0.519. The van der Waals surface area contributed by atoms with Gasteiger partial charge in [0, 0.05) is 12.5 Å². The van der Waals surface area contributed by atoms with Gasteiger partial charge in [-0.1, -0.05) is 6.92 Å². The second-order valence-electron chi connectivity index (χ2n) is 13.4. The number of carboxylic acid groups (broad SMARTS) is 1. The zero-order chi connectivity index (χ0) is 35.7. The molecule has 0 saturated carbocycles. The van der Waals surface area contributed by atoms with Crippen LogP contribution in [0, 0.1) is 5.41 Å². The third-order valence-electron chi connectivity index (χ3n) is 10.4. The van der Waals surface area contributed by atoms with E-state index in [1.807, 2.05) is 0 Å². The van der Waals surface area contributed by atoms with Crippen LogP contribution in [0.1, 0.15) is 76.2 Å². The Morgan fingerprint density at radius 1 is 0.844 bits per heavy atom. The van der Waals surface area contributed by atoms with Crippen molar-refractivity contribution in [1.82, 2.24) is 5.32 Å². The van der Waals surface area contributed by atoms with Crippen LogP contribution < -0.4 is 5.32 Å². The summed E-state index contributed by atoms with van der Waals surface area (Å²) in [5.41, 5.74) is -16.1. The summed E-state index contributed by atoms with van der Waals surface area (Å²) < 4.78 is 93.7. The molecular formula is C26H45NO16S2. The third-order valence-corrected chi connectivity index (χ3v) is 11.3. The van der Waals surface area contributed by atoms with Gasteiger partial charge < -0.3 is 34.8 Å². The summed E-state index contributed by atoms with van der Waals surface area (Å²) in [6.45, 7) is 12.1. The minimum Gasteiger partial charge on any atom is -0.475 e. The van der Waals surface area contributed by atoms with Gasteiger partial charge in [0.25, 0.3) is 0 Å². The Morgan fingerprint density at radius 2 is 1.36 bits per heavy atom. The molecule has 2 aliphatic rings. The molecule has 1 amide bonds. The summed E-state index contributed by atoms with van der Waals surface area (Å²) in [6.07, 6.45) is 0. The van der Waals surface area contributed by atoms with Crippen molar-refractivity contribution in [1.29, 1.82) is 0 Å². The van der Waals surface area contributed by atoms with Crippen molar-refractivity contribution < 1.29 is 73.4 Å². The van der Waals surface area contributed by atoms with Crippen LogP contribution in [-0.4, -0.2) is 112 Å². The van der Waals surface area contributed by atoms with Crippen LogP contribution in [0.15, 0.2) is 11.3 Å². The number of hydrogen-bond acceptors (Lipinski definition) is 13. The molecule has 1 fully saturated rings. The van der Waals surface area contributed by atoms with E-state index in [4.69, 9.17) is 22.6 Å². The standard InChI is InChI=1S/C26H45NO16S2/c1-15-17(18(29)30)41-22(7,26(11,23(15,8)31)43-45(36,37)38)13-39-12-20(5)21(6,14-40-44(33,34)35)42-19(3,4)24(9,25(20,10)32)27-16(2)28/h31-32H,12-14H2,1-11H3,(H,27,28)(H,29,30)(H,33,34,35)(H,36,37,38). The minimum absolute atomic E-state index is 0.336. The number of carbonyl (C=O) groups is 2. The van der Waals surface area contributed by atoms with E-state index in [0.29, 0.717) is 0 Å². The van der Waals surface area contributed by atoms with Crippen LogP contribution in [-0.2, 0) is 53.0 Å². The molecule has 0 radical (unpaired) electrons. The van der Waals surface area contributed by atoms with Gasteiger partial charge in [0.15, 0.2) is 11.2 Å². The highest BCUT2D eigenvalue weighted by Crippen LogP contribution is 2.59. The lowest BCUT2D eigenvalue weighted by Crippen LogP contribution is -2.85. The summed E-state index contributed by atoms with van der Waals surface area (Å²) in [4.78, 5) is 24.4. The fourth-order valence-electron chi connectivity index (χ4n) is 6.42. The van der Waals surface area contributed by atoms with Crippen molar-refractivity contribution in [2.75, 3.05) is 19.8 Å². The number of rotatable bonds is 11. The van der Waals surface area contributed by atoms with E-state index in [-0.39, 0.29) is 5.57 Å². The molecule has 262 valence electrons. The van der Waals surface area contributed by atoms with Crippen molar-refractivity contribution in [3.63, 3.8) is 0 Å². The van der Waals surface area contributed by atoms with Crippen LogP contribution in [0.5, 0.6) is 0 Å². The van der Waals surface area contributed by atoms with Gasteiger partial charge in [0.2, 0.25) is 11.7 Å². The van der Waals surface area contributed by atoms with Gasteiger partial charge in [-0.05, 0) is 62.3 Å². The quantitative estimate of drug-likeness (QED) is 0.161. The van der Waals surface area contributed by atoms with Gasteiger partial charge in [-0.25, -0.2) is 13.2 Å². The fraction of sp³-hybridized carbons (Fsp3) is 0.846. The van der Waals surface area contributed by atoms with Crippen molar-refractivity contribution in [3.8, 4) is 0 Å². The average molecular weight is 692 g/mol. The number of carboxylic acids is 1. The Kier molecular flexibility index (Phi) is 9.89. The van der Waals surface area contributed by atoms with Gasteiger partial charge in [-0.15, -0.1) is 0 Å². The van der Waals surface area contributed by atoms with E-state index in [9.17, 15) is 50.8 Å². The maximum absolute atomic E-state index is 12.3. The van der Waals surface area contributed by atoms with Crippen molar-refractivity contribution >= 4 is 32.7 Å². The van der Waals surface area contributed by atoms with Crippen molar-refractivity contribution in [2.45, 2.75) is 115 Å². The van der Waals surface area contributed by atoms with Crippen molar-refractivity contribution in [3.05, 3.63) is 11.3 Å². The Labute approximate surface area is 263 Å². The summed E-state index contributed by atoms with van der Waals surface area (Å²) in [5.74, 6) is -2.93. The van der Waals surface area contributed by atoms with Crippen LogP contribution in [0.4, 0.5) is 0 Å². The molecule has 2 rings (SSSR count). The first-order valence-corrected chi connectivity index (χ1v) is 16.4. The maximum Gasteiger partial charge on any atom is 0.398 e. The molecule has 1 saturated heterocycles. The number of hydrogen-bond donors (Lipinski definition) is 6. The Bertz CT molecular complexity index is 1470. The molecule has 0 spiro atoms. The monoisotopic (exact) mass is 691 g/mol. The van der Waals surface area contributed by atoms with Crippen LogP contribution in [0.2, 0.25) is 0 Å². The molecule has 19 heteroatoms. The summed E-state index contributed by atoms with van der Waals surface area (Å²) in [5, 5.41) is 36.2. The normalized spacial score (nSPS) is 40.5. The number of ether oxygens (including phenoxy) is 3. The zero-order valence-electron chi connectivity index (χ0n) is 27.2. The van der Waals surface area contributed by atoms with Crippen LogP contribution in [0.25, 0.3) is 0 Å². The fourth-order valence-corrected chi connectivity index (χ4v) is 7.55. The molecule has 7 atom stereocenters. The van der Waals surface area contributed by atoms with E-state index in [1.54, 1.807) is 0 Å². The van der Waals surface area contributed by atoms with Gasteiger partial charge in [-0.2, -0.15) is 16.8 Å². The smallest absolute Gasteiger partial charge is 0.398 e. The first-order chi connectivity index (χ1) is 19.7. The second-order valence-corrected chi connectivity index (χ2v) is 15.6. The molecule has 0 aromatic carbocycles. The Balaban J connectivity index is 2.73. The molecule has 0 bridgehead atoms. The van der Waals surface area contributed by atoms with Gasteiger partial charge >= 0.3 is 26.8 Å². The van der Waals surface area contributed by atoms with Crippen LogP contribution >= 0.6 is 0 Å². The molecule has 0 aliphatic carbocycles. The molecular weight excluding hydrogens is 646 g/mol. The van der Waals surface area contributed by atoms with Gasteiger partial charge in [0.05, 0.1) is 42.0 Å². The summed E-state index contributed by atoms with van der Waals surface area (Å²) in [6, 6.07) is 0. The number of carbonyl (C=O) groups excluding carboxylic acids is 1. The van der Waals surface area contributed by atoms with E-state index >= 15 is 0 Å². The number of aliphatic hydroxyl groups is 2. The second kappa shape index (κ2) is 11.3. The highest BCUT2D eigenvalue weighted by Gasteiger charge is 2.74. The topological polar surface area (TPSA) is 262 Å². The highest BCUT2D eigenvalue weighted by atomic mass is 32.3. The molecule has 2 aliphatic heterocycles. The summed E-state index contributed by atoms with van der Waals surface area (Å²) >= 11 is 0. The van der Waals surface area contributed by atoms with E-state index < -0.39 is 103 Å². The first kappa shape index (κ1) is 39.2. The Morgan fingerprint density at radius 3 is 1.78 bits per heavy atom. The third kappa shape index (κ3) is 6.35. The lowest BCUT2D eigenvalue weighted by molar-refractivity contribution is -0.353. The van der Waals surface area contributed by atoms with E-state index in [2.05, 4.69) is 5.32 Å². The largest absolute Gasteiger partial charge is 0.475 e. The minimum atomic E-state index is -5.30. The summed E-state index contributed by atoms with van der Waals surface area (Å²) in [7, 11) is -10.3. The van der Waals surface area contributed by atoms with Crippen LogP contribution in [0.3, 0.4) is 0 Å². The SMILES string of the molecule is CC(=O)NC1(C)C(C)(C)OC(C)(COS(=O)(=O)O)C(C)(COCC2(C)OC(C(=O)O)=C(C)C(C)(O)C2(C)OS(=O)(=O)O)C1(C)O. The molecule has 6 N–H and O–H groups in total. The molecule has 2 heterocycles. The molecule has 0 aromatic rings. The zero-order valence-corrected chi connectivity index (χ0v) is 28.8. The lowest BCUT2D eigenvalue weighted by Gasteiger charge is -2.69. The lowest BCUT2D eigenvalue weighted by atomic mass is 9.51. The Hall–Kier alpha value is -1.94.